The van der Waals surface area contributed by atoms with Crippen molar-refractivity contribution in [3.8, 4) is 5.75 Å². The Labute approximate surface area is 226 Å². The molecule has 4 rings (SSSR count). The van der Waals surface area contributed by atoms with Gasteiger partial charge in [-0.05, 0) is 64.8 Å². The number of carboxylic acids is 1. The Balaban J connectivity index is 1.50. The van der Waals surface area contributed by atoms with Gasteiger partial charge in [-0.25, -0.2) is 0 Å². The molecule has 0 aromatic heterocycles. The van der Waals surface area contributed by atoms with E-state index in [1.807, 2.05) is 24.3 Å². The van der Waals surface area contributed by atoms with Gasteiger partial charge >= 0.3 is 5.97 Å². The number of carbonyl (C=O) groups is 2. The molecule has 38 heavy (non-hydrogen) atoms. The number of hydrogen-bond donors (Lipinski definition) is 1. The number of nitrogens with zero attached hydrogens (tertiary/aromatic N) is 1. The van der Waals surface area contributed by atoms with Gasteiger partial charge in [-0.1, -0.05) is 76.2 Å². The minimum Gasteiger partial charge on any atom is -0.487 e. The average Bonchev–Trinajstić information content (AvgIpc) is 3.21. The van der Waals surface area contributed by atoms with E-state index < -0.39 is 5.97 Å². The van der Waals surface area contributed by atoms with E-state index >= 15 is 0 Å². The van der Waals surface area contributed by atoms with Crippen molar-refractivity contribution in [2.75, 3.05) is 6.54 Å². The van der Waals surface area contributed by atoms with Gasteiger partial charge in [0.2, 0.25) is 0 Å². The molecule has 1 aliphatic heterocycles. The van der Waals surface area contributed by atoms with Crippen molar-refractivity contribution < 1.29 is 19.4 Å². The minimum absolute atomic E-state index is 0.0390. The number of carboxylic acid groups (broad SMARTS) is 1. The van der Waals surface area contributed by atoms with Gasteiger partial charge in [-0.15, -0.1) is 0 Å². The molecule has 0 radical (unpaired) electrons. The summed E-state index contributed by atoms with van der Waals surface area (Å²) in [5, 5.41) is 9.29. The van der Waals surface area contributed by atoms with E-state index in [9.17, 15) is 14.7 Å². The largest absolute Gasteiger partial charge is 0.487 e. The predicted molar refractivity (Wildman–Crippen MR) is 151 cm³/mol. The highest BCUT2D eigenvalue weighted by atomic mass is 16.5. The van der Waals surface area contributed by atoms with Gasteiger partial charge in [-0.3, -0.25) is 9.59 Å². The summed E-state index contributed by atoms with van der Waals surface area (Å²) in [6.07, 6.45) is 2.41. The van der Waals surface area contributed by atoms with Crippen LogP contribution in [-0.4, -0.2) is 34.0 Å². The summed E-state index contributed by atoms with van der Waals surface area (Å²) in [5.41, 5.74) is 5.96. The summed E-state index contributed by atoms with van der Waals surface area (Å²) in [5.74, 6) is -0.280. The Bertz CT molecular complexity index is 1290. The van der Waals surface area contributed by atoms with Gasteiger partial charge in [0.15, 0.2) is 0 Å². The van der Waals surface area contributed by atoms with Crippen LogP contribution in [0.25, 0.3) is 0 Å². The Kier molecular flexibility index (Phi) is 7.96. The molecule has 0 saturated heterocycles. The second kappa shape index (κ2) is 11.0. The van der Waals surface area contributed by atoms with E-state index in [1.54, 1.807) is 11.0 Å². The van der Waals surface area contributed by atoms with Crippen LogP contribution < -0.4 is 4.74 Å². The zero-order chi connectivity index (χ0) is 27.5. The van der Waals surface area contributed by atoms with Crippen LogP contribution >= 0.6 is 0 Å². The quantitative estimate of drug-likeness (QED) is 0.350. The molecule has 0 fully saturated rings. The number of amides is 1. The lowest BCUT2D eigenvalue weighted by Gasteiger charge is -2.24. The third-order valence-electron chi connectivity index (χ3n) is 7.31. The zero-order valence-electron chi connectivity index (χ0n) is 23.2. The van der Waals surface area contributed by atoms with Crippen molar-refractivity contribution in [1.29, 1.82) is 0 Å². The molecular weight excluding hydrogens is 474 g/mol. The highest BCUT2D eigenvalue weighted by Gasteiger charge is 2.35. The smallest absolute Gasteiger partial charge is 0.305 e. The summed E-state index contributed by atoms with van der Waals surface area (Å²) < 4.78 is 6.36. The molecule has 1 atom stereocenters. The molecule has 200 valence electrons. The highest BCUT2D eigenvalue weighted by Crippen LogP contribution is 2.38. The van der Waals surface area contributed by atoms with Crippen LogP contribution in [0.5, 0.6) is 5.75 Å². The van der Waals surface area contributed by atoms with Crippen LogP contribution in [0, 0.1) is 0 Å². The molecule has 1 heterocycles. The van der Waals surface area contributed by atoms with Gasteiger partial charge in [-0.2, -0.15) is 0 Å². The summed E-state index contributed by atoms with van der Waals surface area (Å²) in [6.45, 7) is 11.3. The molecule has 0 saturated carbocycles. The van der Waals surface area contributed by atoms with Crippen molar-refractivity contribution in [3.63, 3.8) is 0 Å². The van der Waals surface area contributed by atoms with Gasteiger partial charge in [0.1, 0.15) is 11.4 Å². The first-order valence-corrected chi connectivity index (χ1v) is 13.5. The lowest BCUT2D eigenvalue weighted by Crippen LogP contribution is -2.33. The van der Waals surface area contributed by atoms with E-state index in [1.165, 1.54) is 16.7 Å². The van der Waals surface area contributed by atoms with Crippen molar-refractivity contribution in [2.24, 2.45) is 0 Å². The molecule has 0 unspecified atom stereocenters. The fraction of sp³-hybridized carbons (Fsp3) is 0.394. The highest BCUT2D eigenvalue weighted by molar-refractivity contribution is 5.95. The molecule has 0 bridgehead atoms. The summed E-state index contributed by atoms with van der Waals surface area (Å²) >= 11 is 0. The van der Waals surface area contributed by atoms with Gasteiger partial charge < -0.3 is 14.7 Å². The fourth-order valence-corrected chi connectivity index (χ4v) is 5.07. The lowest BCUT2D eigenvalue weighted by atomic mass is 9.87. The van der Waals surface area contributed by atoms with E-state index in [-0.39, 0.29) is 29.9 Å². The van der Waals surface area contributed by atoms with E-state index in [4.69, 9.17) is 4.74 Å². The number of benzene rings is 3. The molecule has 0 spiro atoms. The third kappa shape index (κ3) is 6.63. The second-order valence-corrected chi connectivity index (χ2v) is 11.7. The third-order valence-corrected chi connectivity index (χ3v) is 7.31. The molecular formula is C33H39NO4. The summed E-state index contributed by atoms with van der Waals surface area (Å²) in [4.78, 5) is 26.6. The fourth-order valence-electron chi connectivity index (χ4n) is 5.07. The minimum atomic E-state index is -0.920. The van der Waals surface area contributed by atoms with Crippen molar-refractivity contribution in [2.45, 2.75) is 77.9 Å². The van der Waals surface area contributed by atoms with Crippen LogP contribution in [0.2, 0.25) is 0 Å². The number of carbonyl (C=O) groups excluding carboxylic acids is 1. The van der Waals surface area contributed by atoms with Crippen molar-refractivity contribution in [3.05, 3.63) is 100 Å². The topological polar surface area (TPSA) is 66.8 Å². The Morgan fingerprint density at radius 2 is 1.58 bits per heavy atom. The molecule has 0 aliphatic carbocycles. The SMILES string of the molecule is CCc1ccc(C[C@@]2(C)Cc3cc(C(=O)N(CCC(=O)O)Cc4ccc(C(C)(C)C)cc4)ccc3O2)cc1. The van der Waals surface area contributed by atoms with E-state index in [0.29, 0.717) is 18.5 Å². The maximum absolute atomic E-state index is 13.6. The number of ether oxygens (including phenoxy) is 1. The van der Waals surface area contributed by atoms with Gasteiger partial charge in [0.25, 0.3) is 5.91 Å². The van der Waals surface area contributed by atoms with Crippen LogP contribution in [0.3, 0.4) is 0 Å². The van der Waals surface area contributed by atoms with Crippen LogP contribution in [0.1, 0.15) is 79.2 Å². The molecule has 3 aromatic rings. The molecule has 1 amide bonds. The first-order valence-electron chi connectivity index (χ1n) is 13.5. The predicted octanol–water partition coefficient (Wildman–Crippen LogP) is 6.60. The number of aliphatic carboxylic acids is 1. The first-order chi connectivity index (χ1) is 18.0. The molecule has 1 N–H and O–H groups in total. The Morgan fingerprint density at radius 1 is 0.947 bits per heavy atom. The second-order valence-electron chi connectivity index (χ2n) is 11.7. The van der Waals surface area contributed by atoms with E-state index in [2.05, 4.69) is 71.0 Å². The standard InChI is InChI=1S/C33H39NO4/c1-6-23-7-9-24(10-8-23)20-33(5)21-27-19-26(13-16-29(27)38-33)31(37)34(18-17-30(35)36)22-25-11-14-28(15-12-25)32(2,3)4/h7-16,19H,6,17-18,20-22H2,1-5H3,(H,35,36)/t33-/m0/s1. The Morgan fingerprint density at radius 3 is 2.18 bits per heavy atom. The van der Waals surface area contributed by atoms with Crippen LogP contribution in [0.15, 0.2) is 66.7 Å². The van der Waals surface area contributed by atoms with E-state index in [0.717, 1.165) is 29.7 Å². The number of hydrogen-bond acceptors (Lipinski definition) is 3. The number of aryl methyl sites for hydroxylation is 1. The molecule has 5 heteroatoms. The molecule has 5 nitrogen and oxygen atoms in total. The van der Waals surface area contributed by atoms with Crippen molar-refractivity contribution >= 4 is 11.9 Å². The van der Waals surface area contributed by atoms with Crippen LogP contribution in [0.4, 0.5) is 0 Å². The van der Waals surface area contributed by atoms with Gasteiger partial charge in [0, 0.05) is 31.5 Å². The normalized spacial score (nSPS) is 16.6. The first kappa shape index (κ1) is 27.4. The molecule has 1 aliphatic rings. The van der Waals surface area contributed by atoms with Gasteiger partial charge in [0.05, 0.1) is 6.42 Å². The Hall–Kier alpha value is -3.60. The zero-order valence-corrected chi connectivity index (χ0v) is 23.2. The number of fused-ring (bicyclic) bond motifs is 1. The lowest BCUT2D eigenvalue weighted by molar-refractivity contribution is -0.137. The van der Waals surface area contributed by atoms with Crippen LogP contribution in [-0.2, 0) is 36.0 Å². The maximum Gasteiger partial charge on any atom is 0.305 e. The summed E-state index contributed by atoms with van der Waals surface area (Å²) in [6, 6.07) is 22.5. The maximum atomic E-state index is 13.6. The van der Waals surface area contributed by atoms with Crippen molar-refractivity contribution in [1.82, 2.24) is 4.90 Å². The average molecular weight is 514 g/mol. The molecule has 3 aromatic carbocycles. The number of rotatable bonds is 9. The summed E-state index contributed by atoms with van der Waals surface area (Å²) in [7, 11) is 0. The monoisotopic (exact) mass is 513 g/mol.